The van der Waals surface area contributed by atoms with E-state index in [1.165, 1.54) is 11.1 Å². The van der Waals surface area contributed by atoms with Crippen molar-refractivity contribution in [2.24, 2.45) is 0 Å². The standard InChI is InChI=1S/C15H16ClNO/c1-10-5-11(2)7-14(6-10)18-9-12-8-13(16)3-4-15(12)17/h3-8H,9,17H2,1-2H3. The Morgan fingerprint density at radius 1 is 1.06 bits per heavy atom. The van der Waals surface area contributed by atoms with Gasteiger partial charge in [-0.1, -0.05) is 17.7 Å². The highest BCUT2D eigenvalue weighted by Gasteiger charge is 2.02. The van der Waals surface area contributed by atoms with Crippen molar-refractivity contribution in [3.8, 4) is 5.75 Å². The summed E-state index contributed by atoms with van der Waals surface area (Å²) in [7, 11) is 0. The maximum absolute atomic E-state index is 5.94. The lowest BCUT2D eigenvalue weighted by Gasteiger charge is -2.10. The van der Waals surface area contributed by atoms with E-state index in [0.717, 1.165) is 11.3 Å². The van der Waals surface area contributed by atoms with Crippen molar-refractivity contribution >= 4 is 17.3 Å². The SMILES string of the molecule is Cc1cc(C)cc(OCc2cc(Cl)ccc2N)c1. The molecule has 0 aliphatic heterocycles. The van der Waals surface area contributed by atoms with Crippen molar-refractivity contribution in [2.75, 3.05) is 5.73 Å². The third kappa shape index (κ3) is 3.17. The predicted octanol–water partition coefficient (Wildman–Crippen LogP) is 4.12. The molecule has 0 aromatic heterocycles. The molecule has 94 valence electrons. The molecule has 0 unspecified atom stereocenters. The van der Waals surface area contributed by atoms with Gasteiger partial charge in [-0.2, -0.15) is 0 Å². The highest BCUT2D eigenvalue weighted by Crippen LogP contribution is 2.21. The van der Waals surface area contributed by atoms with Gasteiger partial charge in [0, 0.05) is 16.3 Å². The Morgan fingerprint density at radius 2 is 1.72 bits per heavy atom. The first-order valence-corrected chi connectivity index (χ1v) is 6.17. The van der Waals surface area contributed by atoms with Crippen molar-refractivity contribution in [1.29, 1.82) is 0 Å². The number of ether oxygens (including phenoxy) is 1. The van der Waals surface area contributed by atoms with E-state index in [2.05, 4.69) is 6.07 Å². The van der Waals surface area contributed by atoms with E-state index in [-0.39, 0.29) is 0 Å². The molecule has 0 bridgehead atoms. The molecule has 2 rings (SSSR count). The molecule has 2 aromatic carbocycles. The minimum atomic E-state index is 0.426. The number of rotatable bonds is 3. The quantitative estimate of drug-likeness (QED) is 0.844. The van der Waals surface area contributed by atoms with Crippen LogP contribution in [0.15, 0.2) is 36.4 Å². The highest BCUT2D eigenvalue weighted by molar-refractivity contribution is 6.30. The summed E-state index contributed by atoms with van der Waals surface area (Å²) in [5, 5.41) is 0.670. The van der Waals surface area contributed by atoms with Gasteiger partial charge in [0.25, 0.3) is 0 Å². The molecule has 18 heavy (non-hydrogen) atoms. The van der Waals surface area contributed by atoms with Gasteiger partial charge < -0.3 is 10.5 Å². The van der Waals surface area contributed by atoms with Gasteiger partial charge >= 0.3 is 0 Å². The van der Waals surface area contributed by atoms with Crippen molar-refractivity contribution < 1.29 is 4.74 Å². The van der Waals surface area contributed by atoms with E-state index in [4.69, 9.17) is 22.1 Å². The van der Waals surface area contributed by atoms with Gasteiger partial charge in [0.2, 0.25) is 0 Å². The van der Waals surface area contributed by atoms with E-state index in [1.807, 2.05) is 32.0 Å². The van der Waals surface area contributed by atoms with Gasteiger partial charge in [0.05, 0.1) is 0 Å². The number of hydrogen-bond donors (Lipinski definition) is 1. The maximum Gasteiger partial charge on any atom is 0.120 e. The van der Waals surface area contributed by atoms with E-state index in [0.29, 0.717) is 17.3 Å². The number of aryl methyl sites for hydroxylation is 2. The zero-order chi connectivity index (χ0) is 13.1. The zero-order valence-electron chi connectivity index (χ0n) is 10.5. The summed E-state index contributed by atoms with van der Waals surface area (Å²) in [6.07, 6.45) is 0. The van der Waals surface area contributed by atoms with Crippen LogP contribution < -0.4 is 10.5 Å². The van der Waals surface area contributed by atoms with Gasteiger partial charge in [0.1, 0.15) is 12.4 Å². The van der Waals surface area contributed by atoms with Gasteiger partial charge in [-0.25, -0.2) is 0 Å². The van der Waals surface area contributed by atoms with Crippen molar-refractivity contribution in [2.45, 2.75) is 20.5 Å². The van der Waals surface area contributed by atoms with Crippen molar-refractivity contribution in [1.82, 2.24) is 0 Å². The van der Waals surface area contributed by atoms with Gasteiger partial charge in [0.15, 0.2) is 0 Å². The van der Waals surface area contributed by atoms with Crippen molar-refractivity contribution in [3.63, 3.8) is 0 Å². The normalized spacial score (nSPS) is 10.4. The van der Waals surface area contributed by atoms with Crippen LogP contribution in [0.4, 0.5) is 5.69 Å². The van der Waals surface area contributed by atoms with Crippen LogP contribution >= 0.6 is 11.6 Å². The van der Waals surface area contributed by atoms with E-state index in [1.54, 1.807) is 12.1 Å². The number of nitrogens with two attached hydrogens (primary N) is 1. The lowest BCUT2D eigenvalue weighted by atomic mass is 10.1. The molecular formula is C15H16ClNO. The molecule has 0 saturated carbocycles. The summed E-state index contributed by atoms with van der Waals surface area (Å²) >= 11 is 5.94. The summed E-state index contributed by atoms with van der Waals surface area (Å²) in [5.41, 5.74) is 9.85. The van der Waals surface area contributed by atoms with Crippen molar-refractivity contribution in [3.05, 3.63) is 58.1 Å². The lowest BCUT2D eigenvalue weighted by molar-refractivity contribution is 0.306. The molecule has 0 spiro atoms. The van der Waals surface area contributed by atoms with Crippen LogP contribution in [-0.2, 0) is 6.61 Å². The Kier molecular flexibility index (Phi) is 3.78. The third-order valence-electron chi connectivity index (χ3n) is 2.69. The fraction of sp³-hybridized carbons (Fsp3) is 0.200. The van der Waals surface area contributed by atoms with Crippen LogP contribution in [0, 0.1) is 13.8 Å². The predicted molar refractivity (Wildman–Crippen MR) is 76.1 cm³/mol. The first kappa shape index (κ1) is 12.8. The molecule has 0 fully saturated rings. The first-order chi connectivity index (χ1) is 8.54. The topological polar surface area (TPSA) is 35.2 Å². The second-order valence-electron chi connectivity index (χ2n) is 4.46. The van der Waals surface area contributed by atoms with Crippen LogP contribution in [-0.4, -0.2) is 0 Å². The number of anilines is 1. The molecule has 3 heteroatoms. The molecule has 0 saturated heterocycles. The van der Waals surface area contributed by atoms with Crippen LogP contribution in [0.3, 0.4) is 0 Å². The first-order valence-electron chi connectivity index (χ1n) is 5.79. The summed E-state index contributed by atoms with van der Waals surface area (Å²) in [4.78, 5) is 0. The number of nitrogen functional groups attached to an aromatic ring is 1. The minimum Gasteiger partial charge on any atom is -0.489 e. The Hall–Kier alpha value is -1.67. The second-order valence-corrected chi connectivity index (χ2v) is 4.89. The highest BCUT2D eigenvalue weighted by atomic mass is 35.5. The van der Waals surface area contributed by atoms with E-state index >= 15 is 0 Å². The average molecular weight is 262 g/mol. The molecule has 2 aromatic rings. The molecular weight excluding hydrogens is 246 g/mol. The zero-order valence-corrected chi connectivity index (χ0v) is 11.3. The minimum absolute atomic E-state index is 0.426. The number of halogens is 1. The molecule has 0 aliphatic rings. The van der Waals surface area contributed by atoms with E-state index in [9.17, 15) is 0 Å². The largest absolute Gasteiger partial charge is 0.489 e. The summed E-state index contributed by atoms with van der Waals surface area (Å²) < 4.78 is 5.75. The van der Waals surface area contributed by atoms with Crippen LogP contribution in [0.25, 0.3) is 0 Å². The summed E-state index contributed by atoms with van der Waals surface area (Å²) in [6.45, 7) is 4.52. The molecule has 2 nitrogen and oxygen atoms in total. The average Bonchev–Trinajstić information content (AvgIpc) is 2.29. The van der Waals surface area contributed by atoms with Crippen LogP contribution in [0.5, 0.6) is 5.75 Å². The van der Waals surface area contributed by atoms with Crippen LogP contribution in [0.2, 0.25) is 5.02 Å². The molecule has 0 atom stereocenters. The Labute approximate surface area is 112 Å². The van der Waals surface area contributed by atoms with Gasteiger partial charge in [-0.15, -0.1) is 0 Å². The third-order valence-corrected chi connectivity index (χ3v) is 2.93. The van der Waals surface area contributed by atoms with E-state index < -0.39 is 0 Å². The fourth-order valence-corrected chi connectivity index (χ4v) is 2.07. The van der Waals surface area contributed by atoms with Gasteiger partial charge in [-0.05, 0) is 55.3 Å². The second kappa shape index (κ2) is 5.32. The molecule has 2 N–H and O–H groups in total. The lowest BCUT2D eigenvalue weighted by Crippen LogP contribution is -2.00. The molecule has 0 amide bonds. The summed E-state index contributed by atoms with van der Waals surface area (Å²) in [5.74, 6) is 0.854. The molecule has 0 aliphatic carbocycles. The molecule has 0 radical (unpaired) electrons. The maximum atomic E-state index is 5.94. The Morgan fingerprint density at radius 3 is 2.39 bits per heavy atom. The monoisotopic (exact) mass is 261 g/mol. The Bertz CT molecular complexity index is 546. The number of benzene rings is 2. The van der Waals surface area contributed by atoms with Gasteiger partial charge in [-0.3, -0.25) is 0 Å². The summed E-state index contributed by atoms with van der Waals surface area (Å²) in [6, 6.07) is 11.5. The fourth-order valence-electron chi connectivity index (χ4n) is 1.88. The number of hydrogen-bond acceptors (Lipinski definition) is 2. The smallest absolute Gasteiger partial charge is 0.120 e. The molecule has 0 heterocycles. The Balaban J connectivity index is 2.13. The van der Waals surface area contributed by atoms with Crippen LogP contribution in [0.1, 0.15) is 16.7 Å².